The maximum Gasteiger partial charge on any atom is 0.295 e. The lowest BCUT2D eigenvalue weighted by Crippen LogP contribution is -2.00. The molecule has 0 atom stereocenters. The van der Waals surface area contributed by atoms with Crippen LogP contribution in [-0.4, -0.2) is 9.91 Å². The summed E-state index contributed by atoms with van der Waals surface area (Å²) >= 11 is 5.07. The molecular formula is C14H10BrN3O2S. The van der Waals surface area contributed by atoms with Crippen LogP contribution < -0.4 is 5.32 Å². The fraction of sp³-hybridized carbons (Fsp3) is 0.0714. The summed E-state index contributed by atoms with van der Waals surface area (Å²) < 4.78 is 1.06. The molecule has 2 heterocycles. The van der Waals surface area contributed by atoms with Crippen LogP contribution in [0.2, 0.25) is 0 Å². The van der Waals surface area contributed by atoms with Gasteiger partial charge in [-0.3, -0.25) is 10.1 Å². The second-order valence-corrected chi connectivity index (χ2v) is 6.29. The summed E-state index contributed by atoms with van der Waals surface area (Å²) in [6, 6.07) is 8.87. The molecule has 3 aromatic rings. The van der Waals surface area contributed by atoms with Gasteiger partial charge in [-0.25, -0.2) is 4.98 Å². The Kier molecular flexibility index (Phi) is 3.85. The van der Waals surface area contributed by atoms with Crippen molar-refractivity contribution in [3.05, 3.63) is 61.4 Å². The van der Waals surface area contributed by atoms with Gasteiger partial charge in [-0.15, -0.1) is 11.3 Å². The highest BCUT2D eigenvalue weighted by molar-refractivity contribution is 9.10. The number of aromatic nitrogens is 1. The molecule has 0 aliphatic carbocycles. The fourth-order valence-corrected chi connectivity index (χ4v) is 3.48. The van der Waals surface area contributed by atoms with E-state index in [1.54, 1.807) is 29.7 Å². The summed E-state index contributed by atoms with van der Waals surface area (Å²) in [4.78, 5) is 16.0. The number of fused-ring (bicyclic) bond motifs is 1. The first-order chi connectivity index (χ1) is 10.1. The molecule has 0 saturated heterocycles. The third kappa shape index (κ3) is 2.88. The molecule has 0 amide bonds. The largest absolute Gasteiger partial charge is 0.380 e. The predicted octanol–water partition coefficient (Wildman–Crippen LogP) is 4.58. The zero-order chi connectivity index (χ0) is 14.8. The lowest BCUT2D eigenvalue weighted by atomic mass is 10.1. The number of anilines is 1. The van der Waals surface area contributed by atoms with E-state index in [4.69, 9.17) is 0 Å². The van der Waals surface area contributed by atoms with Crippen molar-refractivity contribution in [3.63, 3.8) is 0 Å². The SMILES string of the molecule is O=[N+]([O-])c1ccc(NCc2cc(Br)cs2)c2cccnc12. The van der Waals surface area contributed by atoms with Crippen molar-refractivity contribution in [1.29, 1.82) is 0 Å². The summed E-state index contributed by atoms with van der Waals surface area (Å²) in [5, 5.41) is 17.1. The minimum atomic E-state index is -0.407. The Morgan fingerprint density at radius 3 is 2.95 bits per heavy atom. The molecule has 7 heteroatoms. The average molecular weight is 364 g/mol. The predicted molar refractivity (Wildman–Crippen MR) is 87.7 cm³/mol. The molecule has 0 aliphatic rings. The van der Waals surface area contributed by atoms with E-state index in [1.807, 2.05) is 17.5 Å². The number of hydrogen-bond acceptors (Lipinski definition) is 5. The number of hydrogen-bond donors (Lipinski definition) is 1. The quantitative estimate of drug-likeness (QED) is 0.544. The van der Waals surface area contributed by atoms with E-state index < -0.39 is 4.92 Å². The standard InChI is InChI=1S/C14H10BrN3O2S/c15-9-6-10(21-8-9)7-17-12-3-4-13(18(19)20)14-11(12)2-1-5-16-14/h1-6,8,17H,7H2. The van der Waals surface area contributed by atoms with Crippen molar-refractivity contribution in [2.45, 2.75) is 6.54 Å². The van der Waals surface area contributed by atoms with Gasteiger partial charge in [0.15, 0.2) is 0 Å². The minimum absolute atomic E-state index is 0.0232. The van der Waals surface area contributed by atoms with Crippen LogP contribution in [0, 0.1) is 10.1 Å². The summed E-state index contributed by atoms with van der Waals surface area (Å²) in [6.07, 6.45) is 1.56. The van der Waals surface area contributed by atoms with E-state index in [0.29, 0.717) is 12.1 Å². The van der Waals surface area contributed by atoms with Gasteiger partial charge in [-0.05, 0) is 40.2 Å². The van der Waals surface area contributed by atoms with Crippen LogP contribution in [0.25, 0.3) is 10.9 Å². The van der Waals surface area contributed by atoms with Gasteiger partial charge in [0.25, 0.3) is 5.69 Å². The van der Waals surface area contributed by atoms with E-state index in [-0.39, 0.29) is 5.69 Å². The van der Waals surface area contributed by atoms with E-state index in [9.17, 15) is 10.1 Å². The van der Waals surface area contributed by atoms with Crippen LogP contribution in [0.1, 0.15) is 4.88 Å². The van der Waals surface area contributed by atoms with E-state index in [0.717, 1.165) is 15.5 Å². The number of nitro benzene ring substituents is 1. The first-order valence-corrected chi connectivity index (χ1v) is 7.81. The molecular weight excluding hydrogens is 354 g/mol. The number of non-ortho nitro benzene ring substituents is 1. The molecule has 2 aromatic heterocycles. The molecule has 0 fully saturated rings. The van der Waals surface area contributed by atoms with Gasteiger partial charge in [0.2, 0.25) is 0 Å². The maximum atomic E-state index is 11.0. The second kappa shape index (κ2) is 5.79. The summed E-state index contributed by atoms with van der Waals surface area (Å²) in [5.74, 6) is 0. The van der Waals surface area contributed by atoms with Gasteiger partial charge in [0.1, 0.15) is 5.52 Å². The Balaban J connectivity index is 1.96. The molecule has 1 N–H and O–H groups in total. The van der Waals surface area contributed by atoms with Crippen LogP contribution in [-0.2, 0) is 6.54 Å². The third-order valence-corrected chi connectivity index (χ3v) is 4.72. The normalized spacial score (nSPS) is 10.7. The summed E-state index contributed by atoms with van der Waals surface area (Å²) in [5.41, 5.74) is 1.27. The molecule has 3 rings (SSSR count). The number of nitro groups is 1. The molecule has 0 radical (unpaired) electrons. The number of benzene rings is 1. The monoisotopic (exact) mass is 363 g/mol. The van der Waals surface area contributed by atoms with Gasteiger partial charge in [-0.1, -0.05) is 0 Å². The van der Waals surface area contributed by atoms with Crippen LogP contribution in [0.15, 0.2) is 46.4 Å². The summed E-state index contributed by atoms with van der Waals surface area (Å²) in [7, 11) is 0. The lowest BCUT2D eigenvalue weighted by molar-refractivity contribution is -0.383. The molecule has 1 aromatic carbocycles. The van der Waals surface area contributed by atoms with Crippen molar-refractivity contribution < 1.29 is 4.92 Å². The summed E-state index contributed by atoms with van der Waals surface area (Å²) in [6.45, 7) is 0.665. The first kappa shape index (κ1) is 14.0. The van der Waals surface area contributed by atoms with Crippen molar-refractivity contribution >= 4 is 49.5 Å². The highest BCUT2D eigenvalue weighted by Gasteiger charge is 2.15. The zero-order valence-electron chi connectivity index (χ0n) is 10.7. The molecule has 0 spiro atoms. The van der Waals surface area contributed by atoms with Crippen LogP contribution in [0.3, 0.4) is 0 Å². The van der Waals surface area contributed by atoms with Gasteiger partial charge in [-0.2, -0.15) is 0 Å². The number of pyridine rings is 1. The van der Waals surface area contributed by atoms with Crippen LogP contribution in [0.5, 0.6) is 0 Å². The van der Waals surface area contributed by atoms with Gasteiger partial charge >= 0.3 is 0 Å². The van der Waals surface area contributed by atoms with Crippen LogP contribution >= 0.6 is 27.3 Å². The Hall–Kier alpha value is -1.99. The lowest BCUT2D eigenvalue weighted by Gasteiger charge is -2.08. The number of thiophene rings is 1. The first-order valence-electron chi connectivity index (χ1n) is 6.14. The minimum Gasteiger partial charge on any atom is -0.380 e. The van der Waals surface area contributed by atoms with Crippen LogP contribution in [0.4, 0.5) is 11.4 Å². The average Bonchev–Trinajstić information content (AvgIpc) is 2.90. The Morgan fingerprint density at radius 2 is 2.24 bits per heavy atom. The number of nitrogens with one attached hydrogen (secondary N) is 1. The van der Waals surface area contributed by atoms with E-state index in [2.05, 4.69) is 26.2 Å². The smallest absolute Gasteiger partial charge is 0.295 e. The molecule has 0 aliphatic heterocycles. The third-order valence-electron chi connectivity index (χ3n) is 3.02. The highest BCUT2D eigenvalue weighted by Crippen LogP contribution is 2.30. The Bertz CT molecular complexity index is 819. The molecule has 0 unspecified atom stereocenters. The maximum absolute atomic E-state index is 11.0. The highest BCUT2D eigenvalue weighted by atomic mass is 79.9. The van der Waals surface area contributed by atoms with Gasteiger partial charge in [0.05, 0.1) is 4.92 Å². The molecule has 21 heavy (non-hydrogen) atoms. The van der Waals surface area contributed by atoms with Crippen molar-refractivity contribution in [2.24, 2.45) is 0 Å². The number of halogens is 1. The van der Waals surface area contributed by atoms with Crippen molar-refractivity contribution in [2.75, 3.05) is 5.32 Å². The number of rotatable bonds is 4. The molecule has 5 nitrogen and oxygen atoms in total. The molecule has 0 saturated carbocycles. The van der Waals surface area contributed by atoms with Crippen molar-refractivity contribution in [1.82, 2.24) is 4.98 Å². The Morgan fingerprint density at radius 1 is 1.38 bits per heavy atom. The topological polar surface area (TPSA) is 68.1 Å². The Labute approximate surface area is 132 Å². The molecule has 106 valence electrons. The van der Waals surface area contributed by atoms with Gasteiger partial charge < -0.3 is 5.32 Å². The van der Waals surface area contributed by atoms with E-state index >= 15 is 0 Å². The molecule has 0 bridgehead atoms. The van der Waals surface area contributed by atoms with E-state index in [1.165, 1.54) is 10.9 Å². The number of nitrogens with zero attached hydrogens (tertiary/aromatic N) is 2. The van der Waals surface area contributed by atoms with Crippen molar-refractivity contribution in [3.8, 4) is 0 Å². The van der Waals surface area contributed by atoms with Gasteiger partial charge in [0, 0.05) is 44.6 Å². The second-order valence-electron chi connectivity index (χ2n) is 4.37. The fourth-order valence-electron chi connectivity index (χ4n) is 2.09. The zero-order valence-corrected chi connectivity index (χ0v) is 13.1.